The molecule has 5 nitrogen and oxygen atoms in total. The van der Waals surface area contributed by atoms with Gasteiger partial charge in [0.25, 0.3) is 0 Å². The number of halogens is 2. The van der Waals surface area contributed by atoms with Gasteiger partial charge in [-0.15, -0.1) is 0 Å². The van der Waals surface area contributed by atoms with Crippen molar-refractivity contribution < 1.29 is 22.3 Å². The van der Waals surface area contributed by atoms with Crippen LogP contribution in [-0.2, 0) is 14.8 Å². The Morgan fingerprint density at radius 2 is 2.06 bits per heavy atom. The summed E-state index contributed by atoms with van der Waals surface area (Å²) < 4.78 is 41.6. The van der Waals surface area contributed by atoms with Crippen LogP contribution >= 0.6 is 11.6 Å². The third kappa shape index (κ3) is 3.57. The first-order valence-corrected chi connectivity index (χ1v) is 6.56. The van der Waals surface area contributed by atoms with E-state index in [1.54, 1.807) is 0 Å². The number of hydrogen-bond donors (Lipinski definition) is 1. The minimum atomic E-state index is -3.65. The van der Waals surface area contributed by atoms with E-state index in [0.717, 1.165) is 25.5 Å². The summed E-state index contributed by atoms with van der Waals surface area (Å²) in [6.45, 7) is 0. The van der Waals surface area contributed by atoms with E-state index in [1.165, 1.54) is 0 Å². The summed E-state index contributed by atoms with van der Waals surface area (Å²) in [6, 6.07) is 1.81. The monoisotopic (exact) mass is 281 g/mol. The zero-order chi connectivity index (χ0) is 13.2. The normalized spacial score (nSPS) is 11.1. The average Bonchev–Trinajstić information content (AvgIpc) is 2.19. The lowest BCUT2D eigenvalue weighted by atomic mass is 10.2. The number of carbonyl (C=O) groups excluding carboxylic acids is 1. The van der Waals surface area contributed by atoms with Crippen LogP contribution in [0.2, 0.25) is 5.02 Å². The molecular formula is C9H9ClFNO4S. The number of carbonyl (C=O) groups is 1. The van der Waals surface area contributed by atoms with Gasteiger partial charge in [-0.3, -0.25) is 4.72 Å². The predicted molar refractivity (Wildman–Crippen MR) is 61.2 cm³/mol. The highest BCUT2D eigenvalue weighted by Gasteiger charge is 2.16. The molecule has 17 heavy (non-hydrogen) atoms. The van der Waals surface area contributed by atoms with Crippen LogP contribution in [0.5, 0.6) is 0 Å². The summed E-state index contributed by atoms with van der Waals surface area (Å²) >= 11 is 5.63. The van der Waals surface area contributed by atoms with Gasteiger partial charge in [0.2, 0.25) is 10.0 Å². The van der Waals surface area contributed by atoms with E-state index in [9.17, 15) is 17.6 Å². The minimum absolute atomic E-state index is 0.123. The minimum Gasteiger partial charge on any atom is -0.465 e. The van der Waals surface area contributed by atoms with Crippen LogP contribution < -0.4 is 4.72 Å². The maximum atomic E-state index is 13.4. The van der Waals surface area contributed by atoms with Gasteiger partial charge in [-0.05, 0) is 12.1 Å². The number of esters is 1. The molecule has 0 unspecified atom stereocenters. The Labute approximate surface area is 103 Å². The summed E-state index contributed by atoms with van der Waals surface area (Å²) in [5.74, 6) is -1.67. The summed E-state index contributed by atoms with van der Waals surface area (Å²) in [6.07, 6.45) is 0.860. The highest BCUT2D eigenvalue weighted by atomic mass is 35.5. The van der Waals surface area contributed by atoms with E-state index in [4.69, 9.17) is 11.6 Å². The zero-order valence-corrected chi connectivity index (χ0v) is 10.5. The highest BCUT2D eigenvalue weighted by Crippen LogP contribution is 2.25. The van der Waals surface area contributed by atoms with Crippen LogP contribution in [0.1, 0.15) is 10.4 Å². The fourth-order valence-electron chi connectivity index (χ4n) is 1.09. The average molecular weight is 282 g/mol. The van der Waals surface area contributed by atoms with E-state index in [0.29, 0.717) is 0 Å². The quantitative estimate of drug-likeness (QED) is 0.855. The van der Waals surface area contributed by atoms with Crippen LogP contribution in [0.4, 0.5) is 10.1 Å². The van der Waals surface area contributed by atoms with E-state index in [2.05, 4.69) is 4.74 Å². The summed E-state index contributed by atoms with van der Waals surface area (Å²) in [5.41, 5.74) is -0.487. The fraction of sp³-hybridized carbons (Fsp3) is 0.222. The summed E-state index contributed by atoms with van der Waals surface area (Å²) in [7, 11) is -2.52. The fourth-order valence-corrected chi connectivity index (χ4v) is 1.88. The van der Waals surface area contributed by atoms with Gasteiger partial charge in [0, 0.05) is 0 Å². The molecule has 0 aliphatic rings. The zero-order valence-electron chi connectivity index (χ0n) is 8.95. The van der Waals surface area contributed by atoms with Gasteiger partial charge in [-0.25, -0.2) is 17.6 Å². The molecule has 0 spiro atoms. The molecule has 8 heteroatoms. The van der Waals surface area contributed by atoms with Gasteiger partial charge in [0.15, 0.2) is 0 Å². The second-order valence-electron chi connectivity index (χ2n) is 3.18. The molecule has 1 aromatic carbocycles. The van der Waals surface area contributed by atoms with Crippen LogP contribution in [0, 0.1) is 5.82 Å². The highest BCUT2D eigenvalue weighted by molar-refractivity contribution is 7.92. The van der Waals surface area contributed by atoms with E-state index < -0.39 is 21.8 Å². The number of rotatable bonds is 3. The molecule has 0 radical (unpaired) electrons. The van der Waals surface area contributed by atoms with Gasteiger partial charge in [-0.2, -0.15) is 0 Å². The number of ether oxygens (including phenoxy) is 1. The molecule has 0 fully saturated rings. The van der Waals surface area contributed by atoms with Crippen molar-refractivity contribution in [2.24, 2.45) is 0 Å². The molecule has 0 aliphatic heterocycles. The Morgan fingerprint density at radius 3 is 2.53 bits per heavy atom. The largest absolute Gasteiger partial charge is 0.465 e. The molecule has 1 aromatic rings. The second kappa shape index (κ2) is 4.89. The van der Waals surface area contributed by atoms with E-state index in [-0.39, 0.29) is 16.3 Å². The number of sulfonamides is 1. The van der Waals surface area contributed by atoms with Crippen molar-refractivity contribution in [3.05, 3.63) is 28.5 Å². The third-order valence-corrected chi connectivity index (χ3v) is 2.66. The molecule has 0 saturated carbocycles. The van der Waals surface area contributed by atoms with E-state index in [1.807, 2.05) is 4.72 Å². The lowest BCUT2D eigenvalue weighted by Gasteiger charge is -2.08. The molecule has 0 aliphatic carbocycles. The molecule has 1 N–H and O–H groups in total. The summed E-state index contributed by atoms with van der Waals surface area (Å²) in [4.78, 5) is 11.3. The smallest absolute Gasteiger partial charge is 0.339 e. The Balaban J connectivity index is 3.29. The van der Waals surface area contributed by atoms with Crippen LogP contribution in [0.3, 0.4) is 0 Å². The van der Waals surface area contributed by atoms with Gasteiger partial charge in [-0.1, -0.05) is 11.6 Å². The Bertz CT molecular complexity index is 558. The first-order chi connectivity index (χ1) is 7.74. The van der Waals surface area contributed by atoms with Crippen molar-refractivity contribution in [2.75, 3.05) is 18.1 Å². The third-order valence-electron chi connectivity index (χ3n) is 1.76. The number of anilines is 1. The molecule has 0 atom stereocenters. The maximum absolute atomic E-state index is 13.4. The van der Waals surface area contributed by atoms with Crippen LogP contribution in [0.25, 0.3) is 0 Å². The van der Waals surface area contributed by atoms with Gasteiger partial charge in [0.05, 0.1) is 29.6 Å². The van der Waals surface area contributed by atoms with Gasteiger partial charge < -0.3 is 4.74 Å². The Hall–Kier alpha value is -1.34. The molecule has 1 rings (SSSR count). The predicted octanol–water partition coefficient (Wildman–Crippen LogP) is 1.64. The number of hydrogen-bond acceptors (Lipinski definition) is 4. The Morgan fingerprint density at radius 1 is 1.47 bits per heavy atom. The van der Waals surface area contributed by atoms with Gasteiger partial charge >= 0.3 is 5.97 Å². The standard InChI is InChI=1S/C9H9ClFNO4S/c1-16-9(13)5-3-8(12-17(2,14)15)7(11)4-6(5)10/h3-4,12H,1-2H3. The van der Waals surface area contributed by atoms with Crippen molar-refractivity contribution in [1.29, 1.82) is 0 Å². The van der Waals surface area contributed by atoms with Gasteiger partial charge in [0.1, 0.15) is 5.82 Å². The van der Waals surface area contributed by atoms with Crippen LogP contribution in [-0.4, -0.2) is 27.8 Å². The van der Waals surface area contributed by atoms with Crippen LogP contribution in [0.15, 0.2) is 12.1 Å². The van der Waals surface area contributed by atoms with Crippen molar-refractivity contribution >= 4 is 33.3 Å². The lowest BCUT2D eigenvalue weighted by molar-refractivity contribution is 0.0601. The molecule has 0 aromatic heterocycles. The van der Waals surface area contributed by atoms with Crippen molar-refractivity contribution in [3.8, 4) is 0 Å². The molecule has 94 valence electrons. The molecular weight excluding hydrogens is 273 g/mol. The van der Waals surface area contributed by atoms with Crippen molar-refractivity contribution in [2.45, 2.75) is 0 Å². The SMILES string of the molecule is COC(=O)c1cc(NS(C)(=O)=O)c(F)cc1Cl. The molecule has 0 bridgehead atoms. The molecule has 0 amide bonds. The summed E-state index contributed by atoms with van der Waals surface area (Å²) in [5, 5.41) is -0.159. The first kappa shape index (κ1) is 13.7. The molecule has 0 saturated heterocycles. The topological polar surface area (TPSA) is 72.5 Å². The molecule has 0 heterocycles. The number of methoxy groups -OCH3 is 1. The number of benzene rings is 1. The van der Waals surface area contributed by atoms with E-state index >= 15 is 0 Å². The Kier molecular flexibility index (Phi) is 3.94. The first-order valence-electron chi connectivity index (χ1n) is 4.29. The van der Waals surface area contributed by atoms with Crippen molar-refractivity contribution in [3.63, 3.8) is 0 Å². The second-order valence-corrected chi connectivity index (χ2v) is 5.33. The van der Waals surface area contributed by atoms with Crippen molar-refractivity contribution in [1.82, 2.24) is 0 Å². The lowest BCUT2D eigenvalue weighted by Crippen LogP contribution is -2.12. The number of nitrogens with one attached hydrogen (secondary N) is 1. The maximum Gasteiger partial charge on any atom is 0.339 e.